The normalized spacial score (nSPS) is 12.1. The van der Waals surface area contributed by atoms with E-state index in [-0.39, 0.29) is 16.7 Å². The maximum Gasteiger partial charge on any atom is 0.347 e. The van der Waals surface area contributed by atoms with E-state index in [9.17, 15) is 9.59 Å². The molecular formula is C10H14N4O4S. The topological polar surface area (TPSA) is 117 Å². The highest BCUT2D eigenvalue weighted by Gasteiger charge is 2.17. The fourth-order valence-electron chi connectivity index (χ4n) is 0.980. The Bertz CT molecular complexity index is 492. The molecule has 0 aromatic carbocycles. The number of nitrogens with zero attached hydrogens (tertiary/aromatic N) is 3. The number of esters is 1. The fourth-order valence-corrected chi connectivity index (χ4v) is 1.42. The molecule has 0 saturated heterocycles. The number of nitrogens with two attached hydrogens (primary N) is 1. The van der Waals surface area contributed by atoms with E-state index < -0.39 is 18.2 Å². The van der Waals surface area contributed by atoms with Crippen LogP contribution in [-0.4, -0.2) is 39.5 Å². The van der Waals surface area contributed by atoms with E-state index in [1.54, 1.807) is 20.8 Å². The number of oxime groups is 1. The predicted molar refractivity (Wildman–Crippen MR) is 68.7 cm³/mol. The zero-order chi connectivity index (χ0) is 14.5. The standard InChI is InChI=1S/C10H14N4O4S/c1-10(2,3)18-7(16)5-17-13-6(4-15)8-12-9(11)19-14-8/h4H,5H2,1-3H3,(H2,11,12,14). The van der Waals surface area contributed by atoms with Crippen LogP contribution in [0.5, 0.6) is 0 Å². The molecule has 0 aliphatic rings. The second-order valence-electron chi connectivity index (χ2n) is 4.41. The second-order valence-corrected chi connectivity index (χ2v) is 5.19. The van der Waals surface area contributed by atoms with Gasteiger partial charge in [0, 0.05) is 11.5 Å². The molecule has 1 rings (SSSR count). The van der Waals surface area contributed by atoms with Gasteiger partial charge in [-0.05, 0) is 20.8 Å². The molecule has 8 nitrogen and oxygen atoms in total. The molecule has 1 heterocycles. The molecule has 0 spiro atoms. The van der Waals surface area contributed by atoms with Gasteiger partial charge in [0.05, 0.1) is 0 Å². The van der Waals surface area contributed by atoms with Crippen molar-refractivity contribution in [1.29, 1.82) is 0 Å². The molecule has 9 heteroatoms. The molecule has 0 fully saturated rings. The molecule has 0 atom stereocenters. The zero-order valence-electron chi connectivity index (χ0n) is 10.7. The van der Waals surface area contributed by atoms with Crippen molar-refractivity contribution in [3.8, 4) is 0 Å². The van der Waals surface area contributed by atoms with Crippen LogP contribution in [0.2, 0.25) is 0 Å². The smallest absolute Gasteiger partial charge is 0.347 e. The number of aldehydes is 1. The molecular weight excluding hydrogens is 272 g/mol. The van der Waals surface area contributed by atoms with Gasteiger partial charge in [0.25, 0.3) is 0 Å². The molecule has 0 unspecified atom stereocenters. The van der Waals surface area contributed by atoms with Crippen molar-refractivity contribution in [2.24, 2.45) is 5.16 Å². The lowest BCUT2D eigenvalue weighted by Crippen LogP contribution is -2.26. The van der Waals surface area contributed by atoms with Crippen molar-refractivity contribution < 1.29 is 19.2 Å². The van der Waals surface area contributed by atoms with Gasteiger partial charge in [-0.2, -0.15) is 9.36 Å². The van der Waals surface area contributed by atoms with Crippen LogP contribution in [0.1, 0.15) is 26.6 Å². The molecule has 0 amide bonds. The van der Waals surface area contributed by atoms with Crippen LogP contribution in [0.3, 0.4) is 0 Å². The first kappa shape index (κ1) is 15.0. The van der Waals surface area contributed by atoms with Crippen molar-refractivity contribution in [2.45, 2.75) is 26.4 Å². The number of hydrogen-bond donors (Lipinski definition) is 1. The molecule has 0 bridgehead atoms. The lowest BCUT2D eigenvalue weighted by molar-refractivity contribution is -0.160. The quantitative estimate of drug-likeness (QED) is 0.360. The average molecular weight is 286 g/mol. The Morgan fingerprint density at radius 2 is 2.21 bits per heavy atom. The highest BCUT2D eigenvalue weighted by Crippen LogP contribution is 2.08. The lowest BCUT2D eigenvalue weighted by atomic mass is 10.2. The summed E-state index contributed by atoms with van der Waals surface area (Å²) in [5.74, 6) is -0.533. The maximum absolute atomic E-state index is 11.3. The summed E-state index contributed by atoms with van der Waals surface area (Å²) in [5.41, 5.74) is 4.63. The summed E-state index contributed by atoms with van der Waals surface area (Å²) in [7, 11) is 0. The SMILES string of the molecule is CC(C)(C)OC(=O)CON=C(C=O)c1nsc(N)n1. The van der Waals surface area contributed by atoms with Crippen molar-refractivity contribution in [2.75, 3.05) is 12.3 Å². The summed E-state index contributed by atoms with van der Waals surface area (Å²) in [6.07, 6.45) is 0.413. The average Bonchev–Trinajstić information content (AvgIpc) is 2.68. The van der Waals surface area contributed by atoms with Gasteiger partial charge >= 0.3 is 5.97 Å². The first-order chi connectivity index (χ1) is 8.81. The maximum atomic E-state index is 11.3. The second kappa shape index (κ2) is 6.23. The monoisotopic (exact) mass is 286 g/mol. The minimum absolute atomic E-state index is 0.0571. The number of hydrogen-bond acceptors (Lipinski definition) is 9. The van der Waals surface area contributed by atoms with E-state index in [1.165, 1.54) is 0 Å². The van der Waals surface area contributed by atoms with E-state index in [1.807, 2.05) is 0 Å². The Balaban J connectivity index is 2.55. The van der Waals surface area contributed by atoms with Crippen LogP contribution in [-0.2, 0) is 19.2 Å². The van der Waals surface area contributed by atoms with Crippen molar-refractivity contribution in [1.82, 2.24) is 9.36 Å². The van der Waals surface area contributed by atoms with Gasteiger partial charge in [-0.1, -0.05) is 5.16 Å². The van der Waals surface area contributed by atoms with Gasteiger partial charge in [0.2, 0.25) is 6.61 Å². The third kappa shape index (κ3) is 5.42. The largest absolute Gasteiger partial charge is 0.457 e. The molecule has 19 heavy (non-hydrogen) atoms. The Morgan fingerprint density at radius 1 is 1.53 bits per heavy atom. The van der Waals surface area contributed by atoms with Gasteiger partial charge in [0.15, 0.2) is 23.0 Å². The third-order valence-electron chi connectivity index (χ3n) is 1.55. The van der Waals surface area contributed by atoms with E-state index in [0.717, 1.165) is 11.5 Å². The molecule has 2 N–H and O–H groups in total. The van der Waals surface area contributed by atoms with E-state index in [4.69, 9.17) is 15.3 Å². The van der Waals surface area contributed by atoms with Crippen LogP contribution in [0.15, 0.2) is 5.16 Å². The highest BCUT2D eigenvalue weighted by atomic mass is 32.1. The third-order valence-corrected chi connectivity index (χ3v) is 2.09. The Hall–Kier alpha value is -2.03. The summed E-state index contributed by atoms with van der Waals surface area (Å²) in [6.45, 7) is 4.78. The Labute approximate surface area is 113 Å². The molecule has 104 valence electrons. The summed E-state index contributed by atoms with van der Waals surface area (Å²) < 4.78 is 8.78. The number of ether oxygens (including phenoxy) is 1. The van der Waals surface area contributed by atoms with Crippen molar-refractivity contribution in [3.63, 3.8) is 0 Å². The fraction of sp³-hybridized carbons (Fsp3) is 0.500. The summed E-state index contributed by atoms with van der Waals surface area (Å²) >= 11 is 0.925. The lowest BCUT2D eigenvalue weighted by Gasteiger charge is -2.18. The van der Waals surface area contributed by atoms with Crippen LogP contribution < -0.4 is 5.73 Å². The summed E-state index contributed by atoms with van der Waals surface area (Å²) in [6, 6.07) is 0. The number of nitrogen functional groups attached to an aromatic ring is 1. The molecule has 1 aromatic rings. The molecule has 0 saturated carbocycles. The predicted octanol–water partition coefficient (Wildman–Crippen LogP) is 0.382. The van der Waals surface area contributed by atoms with Gasteiger partial charge < -0.3 is 15.3 Å². The highest BCUT2D eigenvalue weighted by molar-refractivity contribution is 7.09. The zero-order valence-corrected chi connectivity index (χ0v) is 11.6. The molecule has 0 aliphatic carbocycles. The number of anilines is 1. The summed E-state index contributed by atoms with van der Waals surface area (Å²) in [4.78, 5) is 30.6. The first-order valence-electron chi connectivity index (χ1n) is 5.28. The minimum atomic E-state index is -0.609. The van der Waals surface area contributed by atoms with Crippen LogP contribution >= 0.6 is 11.5 Å². The molecule has 0 radical (unpaired) electrons. The summed E-state index contributed by atoms with van der Waals surface area (Å²) in [5, 5.41) is 3.67. The minimum Gasteiger partial charge on any atom is -0.457 e. The number of aromatic nitrogens is 2. The van der Waals surface area contributed by atoms with Gasteiger partial charge in [-0.3, -0.25) is 4.79 Å². The number of carbonyl (C=O) groups is 2. The van der Waals surface area contributed by atoms with E-state index >= 15 is 0 Å². The van der Waals surface area contributed by atoms with E-state index in [0.29, 0.717) is 6.29 Å². The Kier molecular flexibility index (Phi) is 4.93. The van der Waals surface area contributed by atoms with E-state index in [2.05, 4.69) is 14.5 Å². The number of rotatable bonds is 5. The van der Waals surface area contributed by atoms with Crippen LogP contribution in [0.4, 0.5) is 5.13 Å². The molecule has 1 aromatic heterocycles. The van der Waals surface area contributed by atoms with Gasteiger partial charge in [0.1, 0.15) is 5.60 Å². The van der Waals surface area contributed by atoms with Crippen LogP contribution in [0, 0.1) is 0 Å². The number of carbonyl (C=O) groups excluding carboxylic acids is 2. The van der Waals surface area contributed by atoms with Gasteiger partial charge in [-0.25, -0.2) is 4.79 Å². The Morgan fingerprint density at radius 3 is 2.68 bits per heavy atom. The van der Waals surface area contributed by atoms with Gasteiger partial charge in [-0.15, -0.1) is 0 Å². The molecule has 0 aliphatic heterocycles. The van der Waals surface area contributed by atoms with Crippen molar-refractivity contribution >= 4 is 34.6 Å². The first-order valence-corrected chi connectivity index (χ1v) is 6.05. The van der Waals surface area contributed by atoms with Crippen LogP contribution in [0.25, 0.3) is 0 Å². The van der Waals surface area contributed by atoms with Crippen molar-refractivity contribution in [3.05, 3.63) is 5.82 Å².